The Morgan fingerprint density at radius 1 is 0.929 bits per heavy atom. The van der Waals surface area contributed by atoms with Gasteiger partial charge < -0.3 is 4.74 Å². The molecule has 4 aromatic rings. The third-order valence-corrected chi connectivity index (χ3v) is 4.50. The molecule has 0 atom stereocenters. The van der Waals surface area contributed by atoms with E-state index in [0.717, 1.165) is 16.1 Å². The second kappa shape index (κ2) is 6.67. The van der Waals surface area contributed by atoms with Gasteiger partial charge in [-0.1, -0.05) is 30.3 Å². The van der Waals surface area contributed by atoms with E-state index in [0.29, 0.717) is 22.6 Å². The van der Waals surface area contributed by atoms with Crippen molar-refractivity contribution in [3.8, 4) is 28.1 Å². The maximum atomic E-state index is 13.8. The van der Waals surface area contributed by atoms with Crippen LogP contribution in [0.5, 0.6) is 5.75 Å². The molecule has 0 aliphatic rings. The number of halogens is 3. The van der Waals surface area contributed by atoms with Crippen molar-refractivity contribution in [2.45, 2.75) is 13.1 Å². The summed E-state index contributed by atoms with van der Waals surface area (Å²) in [5, 5.41) is 4.13. The van der Waals surface area contributed by atoms with Gasteiger partial charge in [-0.2, -0.15) is 18.3 Å². The number of hydrogen-bond donors (Lipinski definition) is 0. The monoisotopic (exact) mass is 383 g/mol. The van der Waals surface area contributed by atoms with Gasteiger partial charge in [0.1, 0.15) is 5.75 Å². The first-order chi connectivity index (χ1) is 13.4. The number of rotatable bonds is 3. The van der Waals surface area contributed by atoms with Gasteiger partial charge in [0.05, 0.1) is 18.5 Å². The minimum atomic E-state index is -4.57. The van der Waals surface area contributed by atoms with Crippen molar-refractivity contribution in [2.24, 2.45) is 0 Å². The topological polar surface area (TPSA) is 39.4 Å². The molecule has 0 aliphatic carbocycles. The molecule has 7 heteroatoms. The lowest BCUT2D eigenvalue weighted by atomic mass is 10.1. The molecule has 0 saturated heterocycles. The lowest BCUT2D eigenvalue weighted by Crippen LogP contribution is -2.13. The highest BCUT2D eigenvalue weighted by molar-refractivity contribution is 5.81. The summed E-state index contributed by atoms with van der Waals surface area (Å²) in [4.78, 5) is 4.53. The highest BCUT2D eigenvalue weighted by atomic mass is 19.4. The molecular weight excluding hydrogens is 367 g/mol. The van der Waals surface area contributed by atoms with Crippen LogP contribution in [0.4, 0.5) is 13.2 Å². The predicted octanol–water partition coefficient (Wildman–Crippen LogP) is 5.40. The van der Waals surface area contributed by atoms with E-state index in [1.807, 2.05) is 30.3 Å². The third-order valence-electron chi connectivity index (χ3n) is 4.50. The summed E-state index contributed by atoms with van der Waals surface area (Å²) >= 11 is 0. The Morgan fingerprint density at radius 2 is 1.61 bits per heavy atom. The van der Waals surface area contributed by atoms with Crippen LogP contribution in [0.15, 0.2) is 60.7 Å². The predicted molar refractivity (Wildman–Crippen MR) is 100 cm³/mol. The van der Waals surface area contributed by atoms with Crippen LogP contribution in [-0.4, -0.2) is 21.7 Å². The largest absolute Gasteiger partial charge is 0.497 e. The maximum absolute atomic E-state index is 13.8. The number of aromatic nitrogens is 3. The zero-order valence-corrected chi connectivity index (χ0v) is 15.2. The zero-order valence-electron chi connectivity index (χ0n) is 15.2. The summed E-state index contributed by atoms with van der Waals surface area (Å²) in [6.45, 7) is 1.68. The Bertz CT molecular complexity index is 1130. The Labute approximate surface area is 159 Å². The lowest BCUT2D eigenvalue weighted by molar-refractivity contribution is -0.142. The van der Waals surface area contributed by atoms with Crippen LogP contribution in [0.1, 0.15) is 11.4 Å². The van der Waals surface area contributed by atoms with Gasteiger partial charge in [0.15, 0.2) is 11.3 Å². The normalized spacial score (nSPS) is 11.8. The SMILES string of the molecule is COc1ccc(-c2cc(C(F)(F)F)n3nc(C)c(-c4ccccc4)c3n2)cc1. The molecule has 0 fully saturated rings. The summed E-state index contributed by atoms with van der Waals surface area (Å²) in [7, 11) is 1.53. The Morgan fingerprint density at radius 3 is 2.21 bits per heavy atom. The average molecular weight is 383 g/mol. The standard InChI is InChI=1S/C21H16F3N3O/c1-13-19(15-6-4-3-5-7-15)20-25-17(14-8-10-16(28-2)11-9-14)12-18(21(22,23)24)27(20)26-13/h3-12H,1-2H3. The second-order valence-electron chi connectivity index (χ2n) is 6.31. The molecule has 4 rings (SSSR count). The minimum Gasteiger partial charge on any atom is -0.497 e. The zero-order chi connectivity index (χ0) is 19.9. The van der Waals surface area contributed by atoms with Gasteiger partial charge in [-0.15, -0.1) is 0 Å². The fraction of sp³-hybridized carbons (Fsp3) is 0.143. The minimum absolute atomic E-state index is 0.171. The molecule has 0 spiro atoms. The van der Waals surface area contributed by atoms with Gasteiger partial charge in [0.2, 0.25) is 0 Å². The smallest absolute Gasteiger partial charge is 0.433 e. The molecule has 28 heavy (non-hydrogen) atoms. The van der Waals surface area contributed by atoms with Crippen molar-refractivity contribution < 1.29 is 17.9 Å². The van der Waals surface area contributed by atoms with Crippen LogP contribution in [-0.2, 0) is 6.18 Å². The first-order valence-corrected chi connectivity index (χ1v) is 8.56. The summed E-state index contributed by atoms with van der Waals surface area (Å²) in [5.41, 5.74) is 1.92. The molecule has 2 aromatic heterocycles. The number of benzene rings is 2. The van der Waals surface area contributed by atoms with Crippen molar-refractivity contribution in [1.82, 2.24) is 14.6 Å². The van der Waals surface area contributed by atoms with Crippen molar-refractivity contribution >= 4 is 5.65 Å². The molecule has 2 heterocycles. The average Bonchev–Trinajstić information content (AvgIpc) is 3.02. The van der Waals surface area contributed by atoms with Gasteiger partial charge in [-0.3, -0.25) is 0 Å². The first-order valence-electron chi connectivity index (χ1n) is 8.56. The number of nitrogens with zero attached hydrogens (tertiary/aromatic N) is 3. The Kier molecular flexibility index (Phi) is 4.30. The number of alkyl halides is 3. The van der Waals surface area contributed by atoms with Crippen molar-refractivity contribution in [3.05, 3.63) is 72.1 Å². The molecule has 0 amide bonds. The maximum Gasteiger partial charge on any atom is 0.433 e. The van der Waals surface area contributed by atoms with Crippen LogP contribution < -0.4 is 4.74 Å². The van der Waals surface area contributed by atoms with Crippen molar-refractivity contribution in [3.63, 3.8) is 0 Å². The summed E-state index contributed by atoms with van der Waals surface area (Å²) in [6, 6.07) is 16.9. The highest BCUT2D eigenvalue weighted by Gasteiger charge is 2.36. The number of ether oxygens (including phenoxy) is 1. The Balaban J connectivity index is 2.02. The fourth-order valence-corrected chi connectivity index (χ4v) is 3.18. The van der Waals surface area contributed by atoms with E-state index in [2.05, 4.69) is 10.1 Å². The highest BCUT2D eigenvalue weighted by Crippen LogP contribution is 2.36. The van der Waals surface area contributed by atoms with E-state index in [4.69, 9.17) is 4.74 Å². The molecule has 0 bridgehead atoms. The summed E-state index contributed by atoms with van der Waals surface area (Å²) < 4.78 is 47.3. The van der Waals surface area contributed by atoms with E-state index in [1.165, 1.54) is 7.11 Å². The van der Waals surface area contributed by atoms with Gasteiger partial charge in [0, 0.05) is 11.1 Å². The van der Waals surface area contributed by atoms with E-state index in [-0.39, 0.29) is 11.3 Å². The first kappa shape index (κ1) is 18.0. The van der Waals surface area contributed by atoms with Gasteiger partial charge in [-0.25, -0.2) is 9.50 Å². The molecule has 142 valence electrons. The number of hydrogen-bond acceptors (Lipinski definition) is 3. The number of aryl methyl sites for hydroxylation is 1. The van der Waals surface area contributed by atoms with Gasteiger partial charge in [-0.05, 0) is 42.8 Å². The lowest BCUT2D eigenvalue weighted by Gasteiger charge is -2.12. The molecule has 0 unspecified atom stereocenters. The molecule has 0 aliphatic heterocycles. The van der Waals surface area contributed by atoms with Crippen molar-refractivity contribution in [1.29, 1.82) is 0 Å². The van der Waals surface area contributed by atoms with Crippen LogP contribution in [0.2, 0.25) is 0 Å². The van der Waals surface area contributed by atoms with Gasteiger partial charge >= 0.3 is 6.18 Å². The molecule has 0 N–H and O–H groups in total. The Hall–Kier alpha value is -3.35. The van der Waals surface area contributed by atoms with Gasteiger partial charge in [0.25, 0.3) is 0 Å². The molecule has 0 saturated carbocycles. The van der Waals surface area contributed by atoms with Crippen LogP contribution in [0.3, 0.4) is 0 Å². The summed E-state index contributed by atoms with van der Waals surface area (Å²) in [6.07, 6.45) is -4.57. The number of fused-ring (bicyclic) bond motifs is 1. The summed E-state index contributed by atoms with van der Waals surface area (Å²) in [5.74, 6) is 0.617. The third kappa shape index (κ3) is 3.09. The van der Waals surface area contributed by atoms with Crippen LogP contribution in [0, 0.1) is 6.92 Å². The molecule has 0 radical (unpaired) electrons. The van der Waals surface area contributed by atoms with E-state index in [9.17, 15) is 13.2 Å². The second-order valence-corrected chi connectivity index (χ2v) is 6.31. The number of methoxy groups -OCH3 is 1. The van der Waals surface area contributed by atoms with Crippen LogP contribution in [0.25, 0.3) is 28.0 Å². The van der Waals surface area contributed by atoms with Crippen LogP contribution >= 0.6 is 0 Å². The molecule has 2 aromatic carbocycles. The van der Waals surface area contributed by atoms with E-state index in [1.54, 1.807) is 31.2 Å². The fourth-order valence-electron chi connectivity index (χ4n) is 3.18. The molecular formula is C21H16F3N3O. The quantitative estimate of drug-likeness (QED) is 0.476. The van der Waals surface area contributed by atoms with E-state index >= 15 is 0 Å². The van der Waals surface area contributed by atoms with Crippen molar-refractivity contribution in [2.75, 3.05) is 7.11 Å². The molecule has 4 nitrogen and oxygen atoms in total. The van der Waals surface area contributed by atoms with E-state index < -0.39 is 11.9 Å².